The van der Waals surface area contributed by atoms with E-state index in [4.69, 9.17) is 5.26 Å². The van der Waals surface area contributed by atoms with E-state index >= 15 is 0 Å². The van der Waals surface area contributed by atoms with E-state index in [2.05, 4.69) is 12.2 Å². The summed E-state index contributed by atoms with van der Waals surface area (Å²) in [5.74, 6) is 0. The summed E-state index contributed by atoms with van der Waals surface area (Å²) in [6.45, 7) is 3.28. The number of amides is 2. The Balaban J connectivity index is 3.52. The molecule has 0 atom stereocenters. The first-order valence-electron chi connectivity index (χ1n) is 4.58. The molecule has 0 heterocycles. The highest BCUT2D eigenvalue weighted by Crippen LogP contribution is 1.88. The second-order valence-electron chi connectivity index (χ2n) is 2.92. The third-order valence-corrected chi connectivity index (χ3v) is 1.71. The van der Waals surface area contributed by atoms with E-state index in [0.29, 0.717) is 19.5 Å². The lowest BCUT2D eigenvalue weighted by atomic mass is 10.3. The lowest BCUT2D eigenvalue weighted by molar-refractivity contribution is 0.209. The molecule has 0 aromatic rings. The Kier molecular flexibility index (Phi) is 6.70. The third-order valence-electron chi connectivity index (χ3n) is 1.71. The van der Waals surface area contributed by atoms with Crippen molar-refractivity contribution in [1.29, 1.82) is 5.26 Å². The topological polar surface area (TPSA) is 56.1 Å². The second kappa shape index (κ2) is 7.41. The maximum Gasteiger partial charge on any atom is 0.317 e. The predicted octanol–water partition coefficient (Wildman–Crippen LogP) is 1.34. The van der Waals surface area contributed by atoms with Gasteiger partial charge in [-0.15, -0.1) is 0 Å². The fourth-order valence-corrected chi connectivity index (χ4v) is 0.826. The van der Waals surface area contributed by atoms with Crippen LogP contribution in [0, 0.1) is 11.3 Å². The van der Waals surface area contributed by atoms with Crippen LogP contribution in [0.2, 0.25) is 0 Å². The molecule has 4 heteroatoms. The number of nitrogens with zero attached hydrogens (tertiary/aromatic N) is 2. The van der Waals surface area contributed by atoms with Gasteiger partial charge in [0, 0.05) is 20.1 Å². The predicted molar refractivity (Wildman–Crippen MR) is 51.2 cm³/mol. The van der Waals surface area contributed by atoms with Crippen molar-refractivity contribution in [2.45, 2.75) is 26.2 Å². The molecule has 1 N–H and O–H groups in total. The summed E-state index contributed by atoms with van der Waals surface area (Å²) in [6.07, 6.45) is 2.46. The number of hydrogen-bond donors (Lipinski definition) is 1. The van der Waals surface area contributed by atoms with Crippen LogP contribution in [0.25, 0.3) is 0 Å². The molecule has 0 aliphatic carbocycles. The van der Waals surface area contributed by atoms with Crippen molar-refractivity contribution in [3.05, 3.63) is 0 Å². The number of hydrogen-bond acceptors (Lipinski definition) is 2. The second-order valence-corrected chi connectivity index (χ2v) is 2.92. The van der Waals surface area contributed by atoms with Gasteiger partial charge in [-0.3, -0.25) is 0 Å². The summed E-state index contributed by atoms with van der Waals surface area (Å²) in [7, 11) is 1.69. The van der Waals surface area contributed by atoms with Crippen LogP contribution in [0.4, 0.5) is 4.79 Å². The molecule has 74 valence electrons. The average molecular weight is 183 g/mol. The molecule has 0 aromatic carbocycles. The van der Waals surface area contributed by atoms with Crippen LogP contribution in [-0.4, -0.2) is 31.1 Å². The normalized spacial score (nSPS) is 9.00. The van der Waals surface area contributed by atoms with Gasteiger partial charge in [0.15, 0.2) is 0 Å². The van der Waals surface area contributed by atoms with Crippen LogP contribution in [0.5, 0.6) is 0 Å². The van der Waals surface area contributed by atoms with Crippen molar-refractivity contribution in [2.75, 3.05) is 20.1 Å². The largest absolute Gasteiger partial charge is 0.338 e. The lowest BCUT2D eigenvalue weighted by Gasteiger charge is -2.15. The zero-order valence-electron chi connectivity index (χ0n) is 8.34. The van der Waals surface area contributed by atoms with Crippen molar-refractivity contribution in [3.8, 4) is 6.07 Å². The van der Waals surface area contributed by atoms with E-state index in [1.165, 1.54) is 4.90 Å². The fourth-order valence-electron chi connectivity index (χ4n) is 0.826. The molecule has 0 saturated carbocycles. The summed E-state index contributed by atoms with van der Waals surface area (Å²) in [5.41, 5.74) is 0. The number of nitrogens with one attached hydrogen (secondary N) is 1. The minimum absolute atomic E-state index is 0.0938. The number of carbonyl (C=O) groups is 1. The van der Waals surface area contributed by atoms with Crippen LogP contribution in [0.3, 0.4) is 0 Å². The van der Waals surface area contributed by atoms with Gasteiger partial charge in [0.25, 0.3) is 0 Å². The quantitative estimate of drug-likeness (QED) is 0.654. The van der Waals surface area contributed by atoms with Crippen molar-refractivity contribution in [3.63, 3.8) is 0 Å². The first-order valence-corrected chi connectivity index (χ1v) is 4.58. The molecule has 13 heavy (non-hydrogen) atoms. The molecule has 0 aromatic heterocycles. The van der Waals surface area contributed by atoms with Crippen LogP contribution >= 0.6 is 0 Å². The Morgan fingerprint density at radius 2 is 2.31 bits per heavy atom. The number of urea groups is 1. The van der Waals surface area contributed by atoms with Gasteiger partial charge in [-0.1, -0.05) is 13.3 Å². The molecule has 0 aliphatic rings. The molecule has 0 spiro atoms. The van der Waals surface area contributed by atoms with Gasteiger partial charge in [-0.05, 0) is 6.42 Å². The first kappa shape index (κ1) is 11.8. The summed E-state index contributed by atoms with van der Waals surface area (Å²) >= 11 is 0. The number of nitriles is 1. The van der Waals surface area contributed by atoms with E-state index in [1.54, 1.807) is 7.05 Å². The van der Waals surface area contributed by atoms with Gasteiger partial charge in [0.2, 0.25) is 0 Å². The molecular formula is C9H17N3O. The molecule has 4 nitrogen and oxygen atoms in total. The monoisotopic (exact) mass is 183 g/mol. The highest BCUT2D eigenvalue weighted by molar-refractivity contribution is 5.73. The van der Waals surface area contributed by atoms with E-state index < -0.39 is 0 Å². The van der Waals surface area contributed by atoms with Gasteiger partial charge in [0.1, 0.15) is 0 Å². The lowest BCUT2D eigenvalue weighted by Crippen LogP contribution is -2.38. The van der Waals surface area contributed by atoms with E-state index in [0.717, 1.165) is 12.8 Å². The van der Waals surface area contributed by atoms with Crippen molar-refractivity contribution < 1.29 is 4.79 Å². The molecule has 0 unspecified atom stereocenters. The van der Waals surface area contributed by atoms with Crippen LogP contribution in [-0.2, 0) is 0 Å². The van der Waals surface area contributed by atoms with Gasteiger partial charge in [-0.2, -0.15) is 5.26 Å². The fraction of sp³-hybridized carbons (Fsp3) is 0.778. The van der Waals surface area contributed by atoms with Crippen molar-refractivity contribution in [1.82, 2.24) is 10.2 Å². The van der Waals surface area contributed by atoms with Gasteiger partial charge >= 0.3 is 6.03 Å². The Bertz CT molecular complexity index is 186. The Labute approximate surface area is 79.5 Å². The SMILES string of the molecule is CCCCNC(=O)N(C)CCC#N. The van der Waals surface area contributed by atoms with Crippen LogP contribution in [0.1, 0.15) is 26.2 Å². The van der Waals surface area contributed by atoms with Gasteiger partial charge < -0.3 is 10.2 Å². The minimum atomic E-state index is -0.0938. The Morgan fingerprint density at radius 1 is 1.62 bits per heavy atom. The molecule has 0 rings (SSSR count). The highest BCUT2D eigenvalue weighted by atomic mass is 16.2. The summed E-state index contributed by atoms with van der Waals surface area (Å²) in [6, 6.07) is 1.91. The molecular weight excluding hydrogens is 166 g/mol. The standard InChI is InChI=1S/C9H17N3O/c1-3-4-7-11-9(13)12(2)8-5-6-10/h3-5,7-8H2,1-2H3,(H,11,13). The molecule has 0 bridgehead atoms. The number of carbonyl (C=O) groups excluding carboxylic acids is 1. The first-order chi connectivity index (χ1) is 6.22. The van der Waals surface area contributed by atoms with E-state index in [-0.39, 0.29) is 6.03 Å². The maximum atomic E-state index is 11.2. The van der Waals surface area contributed by atoms with Gasteiger partial charge in [0.05, 0.1) is 12.5 Å². The maximum absolute atomic E-state index is 11.2. The van der Waals surface area contributed by atoms with Crippen LogP contribution < -0.4 is 5.32 Å². The average Bonchev–Trinajstić information content (AvgIpc) is 2.14. The molecule has 0 saturated heterocycles. The minimum Gasteiger partial charge on any atom is -0.338 e. The van der Waals surface area contributed by atoms with Crippen molar-refractivity contribution in [2.24, 2.45) is 0 Å². The summed E-state index contributed by atoms with van der Waals surface area (Å²) < 4.78 is 0. The zero-order valence-corrected chi connectivity index (χ0v) is 8.34. The van der Waals surface area contributed by atoms with Gasteiger partial charge in [-0.25, -0.2) is 4.79 Å². The number of rotatable bonds is 5. The third kappa shape index (κ3) is 5.97. The molecule has 0 fully saturated rings. The molecule has 0 radical (unpaired) electrons. The highest BCUT2D eigenvalue weighted by Gasteiger charge is 2.05. The van der Waals surface area contributed by atoms with Crippen molar-refractivity contribution >= 4 is 6.03 Å². The summed E-state index contributed by atoms with van der Waals surface area (Å²) in [5, 5.41) is 11.1. The van der Waals surface area contributed by atoms with Crippen LogP contribution in [0.15, 0.2) is 0 Å². The summed E-state index contributed by atoms with van der Waals surface area (Å²) in [4.78, 5) is 12.8. The van der Waals surface area contributed by atoms with E-state index in [9.17, 15) is 4.79 Å². The molecule has 0 aliphatic heterocycles. The number of unbranched alkanes of at least 4 members (excludes halogenated alkanes) is 1. The zero-order chi connectivity index (χ0) is 10.1. The van der Waals surface area contributed by atoms with E-state index in [1.807, 2.05) is 6.07 Å². The smallest absolute Gasteiger partial charge is 0.317 e. The Hall–Kier alpha value is -1.24. The Morgan fingerprint density at radius 3 is 2.85 bits per heavy atom. The molecule has 2 amide bonds.